The van der Waals surface area contributed by atoms with Crippen molar-refractivity contribution in [2.24, 2.45) is 0 Å². The summed E-state index contributed by atoms with van der Waals surface area (Å²) in [5, 5.41) is 6.19. The van der Waals surface area contributed by atoms with Crippen LogP contribution in [0.5, 0.6) is 0 Å². The maximum atomic E-state index is 13.0. The molecule has 0 fully saturated rings. The lowest BCUT2D eigenvalue weighted by Crippen LogP contribution is -2.32. The predicted molar refractivity (Wildman–Crippen MR) is 136 cm³/mol. The monoisotopic (exact) mass is 513 g/mol. The SMILES string of the molecule is Cc1ccc(C)c(N2C(=O)C(Cl)=C(Nc3ccc(C(=O)Nc4ccc(Cl)cc4Cl)cc3)C2=O)c1. The van der Waals surface area contributed by atoms with Crippen molar-refractivity contribution in [2.75, 3.05) is 15.5 Å². The molecule has 0 aliphatic carbocycles. The maximum absolute atomic E-state index is 13.0. The van der Waals surface area contributed by atoms with Gasteiger partial charge in [-0.1, -0.05) is 46.9 Å². The molecule has 0 saturated carbocycles. The average molecular weight is 515 g/mol. The third-order valence-corrected chi connectivity index (χ3v) is 6.13. The number of hydrogen-bond acceptors (Lipinski definition) is 4. The highest BCUT2D eigenvalue weighted by Crippen LogP contribution is 2.32. The van der Waals surface area contributed by atoms with Crippen LogP contribution in [0.3, 0.4) is 0 Å². The molecule has 1 aliphatic heterocycles. The van der Waals surface area contributed by atoms with Gasteiger partial charge in [0.15, 0.2) is 0 Å². The minimum Gasteiger partial charge on any atom is -0.350 e. The molecule has 0 atom stereocenters. The lowest BCUT2D eigenvalue weighted by atomic mass is 10.1. The fraction of sp³-hybridized carbons (Fsp3) is 0.0800. The molecular formula is C25H18Cl3N3O3. The summed E-state index contributed by atoms with van der Waals surface area (Å²) in [6.07, 6.45) is 0. The smallest absolute Gasteiger partial charge is 0.283 e. The molecule has 9 heteroatoms. The van der Waals surface area contributed by atoms with Gasteiger partial charge in [-0.15, -0.1) is 0 Å². The lowest BCUT2D eigenvalue weighted by molar-refractivity contribution is -0.120. The second-order valence-electron chi connectivity index (χ2n) is 7.71. The first-order chi connectivity index (χ1) is 16.2. The molecule has 1 heterocycles. The van der Waals surface area contributed by atoms with Crippen molar-refractivity contribution in [3.8, 4) is 0 Å². The Morgan fingerprint density at radius 2 is 1.56 bits per heavy atom. The number of anilines is 3. The molecule has 0 saturated heterocycles. The Morgan fingerprint density at radius 3 is 2.24 bits per heavy atom. The van der Waals surface area contributed by atoms with Crippen molar-refractivity contribution in [2.45, 2.75) is 13.8 Å². The topological polar surface area (TPSA) is 78.5 Å². The number of imide groups is 1. The van der Waals surface area contributed by atoms with E-state index in [0.717, 1.165) is 16.0 Å². The molecule has 0 bridgehead atoms. The molecule has 0 spiro atoms. The number of halogens is 3. The third kappa shape index (κ3) is 4.66. The Hall–Kier alpha value is -3.32. The number of nitrogens with zero attached hydrogens (tertiary/aromatic N) is 1. The van der Waals surface area contributed by atoms with E-state index in [9.17, 15) is 14.4 Å². The van der Waals surface area contributed by atoms with E-state index in [1.165, 1.54) is 6.07 Å². The van der Waals surface area contributed by atoms with E-state index < -0.39 is 11.8 Å². The summed E-state index contributed by atoms with van der Waals surface area (Å²) < 4.78 is 0. The Kier molecular flexibility index (Phi) is 6.66. The summed E-state index contributed by atoms with van der Waals surface area (Å²) >= 11 is 18.2. The van der Waals surface area contributed by atoms with E-state index >= 15 is 0 Å². The first-order valence-corrected chi connectivity index (χ1v) is 11.3. The van der Waals surface area contributed by atoms with Crippen molar-refractivity contribution in [3.63, 3.8) is 0 Å². The summed E-state index contributed by atoms with van der Waals surface area (Å²) in [6.45, 7) is 3.69. The predicted octanol–water partition coefficient (Wildman–Crippen LogP) is 6.30. The normalized spacial score (nSPS) is 13.5. The highest BCUT2D eigenvalue weighted by Gasteiger charge is 2.39. The summed E-state index contributed by atoms with van der Waals surface area (Å²) in [4.78, 5) is 39.4. The van der Waals surface area contributed by atoms with Gasteiger partial charge in [0, 0.05) is 16.3 Å². The summed E-state index contributed by atoms with van der Waals surface area (Å²) in [5.41, 5.74) is 3.41. The van der Waals surface area contributed by atoms with Gasteiger partial charge in [-0.3, -0.25) is 14.4 Å². The number of aryl methyl sites for hydroxylation is 2. The zero-order valence-corrected chi connectivity index (χ0v) is 20.3. The van der Waals surface area contributed by atoms with Gasteiger partial charge in [0.05, 0.1) is 16.4 Å². The average Bonchev–Trinajstić information content (AvgIpc) is 3.01. The fourth-order valence-corrected chi connectivity index (χ4v) is 4.09. The van der Waals surface area contributed by atoms with Crippen molar-refractivity contribution < 1.29 is 14.4 Å². The van der Waals surface area contributed by atoms with Crippen molar-refractivity contribution >= 4 is 69.6 Å². The van der Waals surface area contributed by atoms with Crippen LogP contribution in [-0.2, 0) is 9.59 Å². The van der Waals surface area contributed by atoms with Crippen LogP contribution in [-0.4, -0.2) is 17.7 Å². The van der Waals surface area contributed by atoms with E-state index in [1.807, 2.05) is 26.0 Å². The largest absolute Gasteiger partial charge is 0.350 e. The molecule has 2 N–H and O–H groups in total. The van der Waals surface area contributed by atoms with Gasteiger partial charge in [-0.2, -0.15) is 0 Å². The third-order valence-electron chi connectivity index (χ3n) is 5.23. The second kappa shape index (κ2) is 9.50. The summed E-state index contributed by atoms with van der Waals surface area (Å²) in [5.74, 6) is -1.53. The van der Waals surface area contributed by atoms with Gasteiger partial charge in [0.1, 0.15) is 10.7 Å². The van der Waals surface area contributed by atoms with Crippen LogP contribution in [0.4, 0.5) is 17.1 Å². The standard InChI is InChI=1S/C25H18Cl3N3O3/c1-13-3-4-14(2)20(11-13)31-24(33)21(28)22(25(31)34)29-17-8-5-15(6-9-17)23(32)30-19-10-7-16(26)12-18(19)27/h3-12,29H,1-2H3,(H,30,32). The van der Waals surface area contributed by atoms with Crippen LogP contribution in [0.2, 0.25) is 10.0 Å². The van der Waals surface area contributed by atoms with Crippen LogP contribution in [0.25, 0.3) is 0 Å². The number of carbonyl (C=O) groups is 3. The van der Waals surface area contributed by atoms with Gasteiger partial charge in [0.25, 0.3) is 17.7 Å². The Morgan fingerprint density at radius 1 is 0.853 bits per heavy atom. The van der Waals surface area contributed by atoms with Gasteiger partial charge >= 0.3 is 0 Å². The summed E-state index contributed by atoms with van der Waals surface area (Å²) in [6, 6.07) is 16.6. The first-order valence-electron chi connectivity index (χ1n) is 10.1. The Balaban J connectivity index is 1.50. The molecule has 3 amide bonds. The summed E-state index contributed by atoms with van der Waals surface area (Å²) in [7, 11) is 0. The van der Waals surface area contributed by atoms with Crippen molar-refractivity contribution in [3.05, 3.63) is 98.1 Å². The van der Waals surface area contributed by atoms with E-state index in [4.69, 9.17) is 34.8 Å². The van der Waals surface area contributed by atoms with Gasteiger partial charge in [-0.05, 0) is 73.5 Å². The quantitative estimate of drug-likeness (QED) is 0.392. The molecular weight excluding hydrogens is 497 g/mol. The van der Waals surface area contributed by atoms with E-state index in [-0.39, 0.29) is 16.6 Å². The molecule has 0 unspecified atom stereocenters. The lowest BCUT2D eigenvalue weighted by Gasteiger charge is -2.18. The number of nitrogens with one attached hydrogen (secondary N) is 2. The molecule has 6 nitrogen and oxygen atoms in total. The molecule has 3 aromatic rings. The van der Waals surface area contributed by atoms with Crippen LogP contribution < -0.4 is 15.5 Å². The van der Waals surface area contributed by atoms with Crippen molar-refractivity contribution in [1.29, 1.82) is 0 Å². The van der Waals surface area contributed by atoms with Crippen molar-refractivity contribution in [1.82, 2.24) is 0 Å². The van der Waals surface area contributed by atoms with Crippen LogP contribution in [0.1, 0.15) is 21.5 Å². The van der Waals surface area contributed by atoms with Crippen LogP contribution >= 0.6 is 34.8 Å². The molecule has 3 aromatic carbocycles. The number of benzene rings is 3. The Bertz CT molecular complexity index is 1370. The molecule has 1 aliphatic rings. The first kappa shape index (κ1) is 23.8. The Labute approximate surface area is 211 Å². The van der Waals surface area contributed by atoms with E-state index in [1.54, 1.807) is 42.5 Å². The van der Waals surface area contributed by atoms with Gasteiger partial charge in [0.2, 0.25) is 0 Å². The number of hydrogen-bond donors (Lipinski definition) is 2. The highest BCUT2D eigenvalue weighted by atomic mass is 35.5. The fourth-order valence-electron chi connectivity index (χ4n) is 3.43. The van der Waals surface area contributed by atoms with Gasteiger partial charge in [-0.25, -0.2) is 4.90 Å². The number of amides is 3. The highest BCUT2D eigenvalue weighted by molar-refractivity contribution is 6.53. The maximum Gasteiger partial charge on any atom is 0.283 e. The molecule has 34 heavy (non-hydrogen) atoms. The van der Waals surface area contributed by atoms with Crippen LogP contribution in [0.15, 0.2) is 71.4 Å². The van der Waals surface area contributed by atoms with Gasteiger partial charge < -0.3 is 10.6 Å². The molecule has 172 valence electrons. The second-order valence-corrected chi connectivity index (χ2v) is 8.93. The minimum atomic E-state index is -0.598. The zero-order valence-electron chi connectivity index (χ0n) is 18.1. The van der Waals surface area contributed by atoms with E-state index in [0.29, 0.717) is 32.7 Å². The zero-order chi connectivity index (χ0) is 24.6. The molecule has 0 aromatic heterocycles. The van der Waals surface area contributed by atoms with Crippen LogP contribution in [0, 0.1) is 13.8 Å². The number of rotatable bonds is 5. The number of carbonyl (C=O) groups excluding carboxylic acids is 3. The molecule has 4 rings (SSSR count). The minimum absolute atomic E-state index is 0.0299. The van der Waals surface area contributed by atoms with E-state index in [2.05, 4.69) is 10.6 Å². The molecule has 0 radical (unpaired) electrons.